The summed E-state index contributed by atoms with van der Waals surface area (Å²) in [5.41, 5.74) is 1.45. The molecule has 2 saturated heterocycles. The van der Waals surface area contributed by atoms with Crippen LogP contribution in [-0.2, 0) is 6.42 Å². The highest BCUT2D eigenvalue weighted by atomic mass is 127. The van der Waals surface area contributed by atoms with Crippen molar-refractivity contribution in [3.8, 4) is 0 Å². The predicted octanol–water partition coefficient (Wildman–Crippen LogP) is 3.41. The van der Waals surface area contributed by atoms with Crippen LogP contribution in [0.1, 0.15) is 32.8 Å². The van der Waals surface area contributed by atoms with Crippen molar-refractivity contribution in [1.29, 1.82) is 0 Å². The summed E-state index contributed by atoms with van der Waals surface area (Å²) in [6.07, 6.45) is 2.43. The van der Waals surface area contributed by atoms with Crippen LogP contribution in [0.2, 0.25) is 0 Å². The fourth-order valence-electron chi connectivity index (χ4n) is 4.65. The summed E-state index contributed by atoms with van der Waals surface area (Å²) in [6, 6.07) is 11.4. The van der Waals surface area contributed by atoms with Crippen molar-refractivity contribution in [2.45, 2.75) is 39.7 Å². The number of hydrogen-bond donors (Lipinski definition) is 1. The van der Waals surface area contributed by atoms with Crippen LogP contribution in [0.15, 0.2) is 35.3 Å². The van der Waals surface area contributed by atoms with Crippen LogP contribution in [0.3, 0.4) is 0 Å². The lowest BCUT2D eigenvalue weighted by atomic mass is 9.99. The van der Waals surface area contributed by atoms with E-state index in [4.69, 9.17) is 4.99 Å². The van der Waals surface area contributed by atoms with Gasteiger partial charge in [0.1, 0.15) is 0 Å². The number of hydrogen-bond acceptors (Lipinski definition) is 3. The van der Waals surface area contributed by atoms with Gasteiger partial charge in [0.15, 0.2) is 5.96 Å². The van der Waals surface area contributed by atoms with Crippen molar-refractivity contribution < 1.29 is 0 Å². The third-order valence-corrected chi connectivity index (χ3v) is 6.49. The monoisotopic (exact) mass is 527 g/mol. The van der Waals surface area contributed by atoms with Gasteiger partial charge in [-0.2, -0.15) is 0 Å². The summed E-state index contributed by atoms with van der Waals surface area (Å²) in [5, 5.41) is 3.56. The average Bonchev–Trinajstić information content (AvgIpc) is 3.17. The van der Waals surface area contributed by atoms with E-state index in [9.17, 15) is 0 Å². The van der Waals surface area contributed by atoms with Crippen LogP contribution in [0.25, 0.3) is 0 Å². The molecule has 1 aromatic rings. The summed E-state index contributed by atoms with van der Waals surface area (Å²) in [6.45, 7) is 15.6. The fourth-order valence-corrected chi connectivity index (χ4v) is 4.65. The summed E-state index contributed by atoms with van der Waals surface area (Å²) < 4.78 is 0. The van der Waals surface area contributed by atoms with Crippen LogP contribution in [0, 0.1) is 11.8 Å². The number of rotatable bonds is 7. The van der Waals surface area contributed by atoms with E-state index >= 15 is 0 Å². The second-order valence-electron chi connectivity index (χ2n) is 9.14. The number of likely N-dealkylation sites (N-methyl/N-ethyl adjacent to an activating group) is 1. The molecule has 2 aliphatic rings. The molecule has 5 nitrogen and oxygen atoms in total. The maximum Gasteiger partial charge on any atom is 0.193 e. The first-order chi connectivity index (χ1) is 14.1. The number of nitrogens with one attached hydrogen (secondary N) is 1. The zero-order valence-corrected chi connectivity index (χ0v) is 21.7. The van der Waals surface area contributed by atoms with Gasteiger partial charge in [-0.05, 0) is 44.2 Å². The average molecular weight is 528 g/mol. The first-order valence-corrected chi connectivity index (χ1v) is 11.6. The maximum absolute atomic E-state index is 5.13. The Kier molecular flexibility index (Phi) is 10.9. The number of halogens is 1. The first kappa shape index (κ1) is 25.4. The molecule has 30 heavy (non-hydrogen) atoms. The number of nitrogens with zero attached hydrogens (tertiary/aromatic N) is 4. The van der Waals surface area contributed by atoms with E-state index in [0.29, 0.717) is 12.0 Å². The molecule has 2 atom stereocenters. The van der Waals surface area contributed by atoms with Gasteiger partial charge in [-0.3, -0.25) is 9.89 Å². The Balaban J connectivity index is 0.00000320. The molecular weight excluding hydrogens is 485 g/mol. The van der Waals surface area contributed by atoms with Gasteiger partial charge in [-0.1, -0.05) is 44.2 Å². The molecule has 0 amide bonds. The van der Waals surface area contributed by atoms with Crippen molar-refractivity contribution in [3.63, 3.8) is 0 Å². The van der Waals surface area contributed by atoms with Gasteiger partial charge >= 0.3 is 0 Å². The fraction of sp³-hybridized carbons (Fsp3) is 0.708. The van der Waals surface area contributed by atoms with E-state index in [1.807, 2.05) is 0 Å². The van der Waals surface area contributed by atoms with Crippen molar-refractivity contribution >= 4 is 29.9 Å². The van der Waals surface area contributed by atoms with Gasteiger partial charge in [0.05, 0.1) is 6.54 Å². The maximum atomic E-state index is 5.13. The second-order valence-corrected chi connectivity index (χ2v) is 9.14. The number of aliphatic imine (C=N–C) groups is 1. The highest BCUT2D eigenvalue weighted by Crippen LogP contribution is 2.21. The molecule has 2 aliphatic heterocycles. The zero-order chi connectivity index (χ0) is 20.6. The standard InChI is InChI=1S/C24H41N5.HI/c1-5-25-24(26-18-23(20(2)3)28-15-13-27(4)14-16-28)29-12-11-22(19-29)17-21-9-7-6-8-10-21;/h6-10,20,22-23H,5,11-19H2,1-4H3,(H,25,26);1H. The molecule has 3 rings (SSSR count). The topological polar surface area (TPSA) is 34.1 Å². The molecule has 0 bridgehead atoms. The lowest BCUT2D eigenvalue weighted by Crippen LogP contribution is -2.52. The molecule has 2 heterocycles. The summed E-state index contributed by atoms with van der Waals surface area (Å²) >= 11 is 0. The van der Waals surface area contributed by atoms with Gasteiger partial charge in [0, 0.05) is 51.9 Å². The van der Waals surface area contributed by atoms with Crippen LogP contribution in [-0.4, -0.2) is 86.1 Å². The van der Waals surface area contributed by atoms with Gasteiger partial charge in [-0.25, -0.2) is 0 Å². The van der Waals surface area contributed by atoms with E-state index in [2.05, 4.69) is 78.2 Å². The summed E-state index contributed by atoms with van der Waals surface area (Å²) in [7, 11) is 2.22. The quantitative estimate of drug-likeness (QED) is 0.335. The van der Waals surface area contributed by atoms with Crippen LogP contribution in [0.4, 0.5) is 0 Å². The lowest BCUT2D eigenvalue weighted by molar-refractivity contribution is 0.0924. The molecule has 6 heteroatoms. The Bertz CT molecular complexity index is 628. The summed E-state index contributed by atoms with van der Waals surface area (Å²) in [4.78, 5) is 12.7. The van der Waals surface area contributed by atoms with Crippen molar-refractivity contribution in [2.75, 3.05) is 59.4 Å². The minimum Gasteiger partial charge on any atom is -0.357 e. The van der Waals surface area contributed by atoms with Gasteiger partial charge in [0.2, 0.25) is 0 Å². The molecule has 0 aliphatic carbocycles. The van der Waals surface area contributed by atoms with E-state index in [1.165, 1.54) is 31.5 Å². The zero-order valence-electron chi connectivity index (χ0n) is 19.4. The summed E-state index contributed by atoms with van der Waals surface area (Å²) in [5.74, 6) is 2.46. The number of piperazine rings is 1. The molecule has 0 saturated carbocycles. The molecule has 0 aromatic heterocycles. The number of benzene rings is 1. The van der Waals surface area contributed by atoms with E-state index in [-0.39, 0.29) is 24.0 Å². The predicted molar refractivity (Wildman–Crippen MR) is 139 cm³/mol. The van der Waals surface area contributed by atoms with Crippen LogP contribution >= 0.6 is 24.0 Å². The molecule has 1 aromatic carbocycles. The Labute approximate surface area is 201 Å². The highest BCUT2D eigenvalue weighted by Gasteiger charge is 2.27. The molecule has 0 radical (unpaired) electrons. The van der Waals surface area contributed by atoms with Crippen LogP contribution in [0.5, 0.6) is 0 Å². The SMILES string of the molecule is CCNC(=NCC(C(C)C)N1CCN(C)CC1)N1CCC(Cc2ccccc2)C1.I. The molecule has 1 N–H and O–H groups in total. The molecule has 0 spiro atoms. The van der Waals surface area contributed by atoms with Crippen molar-refractivity contribution in [1.82, 2.24) is 20.0 Å². The molecule has 2 unspecified atom stereocenters. The van der Waals surface area contributed by atoms with E-state index in [0.717, 1.165) is 51.1 Å². The Morgan fingerprint density at radius 1 is 1.10 bits per heavy atom. The van der Waals surface area contributed by atoms with E-state index in [1.54, 1.807) is 0 Å². The smallest absolute Gasteiger partial charge is 0.193 e. The minimum absolute atomic E-state index is 0. The lowest BCUT2D eigenvalue weighted by Gasteiger charge is -2.39. The normalized spacial score (nSPS) is 22.2. The van der Waals surface area contributed by atoms with E-state index < -0.39 is 0 Å². The molecular formula is C24H42IN5. The van der Waals surface area contributed by atoms with Crippen LogP contribution < -0.4 is 5.32 Å². The van der Waals surface area contributed by atoms with Crippen molar-refractivity contribution in [3.05, 3.63) is 35.9 Å². The second kappa shape index (κ2) is 12.9. The molecule has 2 fully saturated rings. The Morgan fingerprint density at radius 3 is 2.43 bits per heavy atom. The third kappa shape index (κ3) is 7.38. The highest BCUT2D eigenvalue weighted by molar-refractivity contribution is 14.0. The van der Waals surface area contributed by atoms with Gasteiger partial charge in [0.25, 0.3) is 0 Å². The first-order valence-electron chi connectivity index (χ1n) is 11.6. The van der Waals surface area contributed by atoms with Gasteiger partial charge < -0.3 is 15.1 Å². The Morgan fingerprint density at radius 2 is 1.80 bits per heavy atom. The third-order valence-electron chi connectivity index (χ3n) is 6.49. The Hall–Kier alpha value is -0.860. The van der Waals surface area contributed by atoms with Gasteiger partial charge in [-0.15, -0.1) is 24.0 Å². The minimum atomic E-state index is 0. The number of guanidine groups is 1. The number of likely N-dealkylation sites (tertiary alicyclic amines) is 1. The largest absolute Gasteiger partial charge is 0.357 e. The molecule has 170 valence electrons. The van der Waals surface area contributed by atoms with Crippen molar-refractivity contribution in [2.24, 2.45) is 16.8 Å².